The summed E-state index contributed by atoms with van der Waals surface area (Å²) in [5.74, 6) is -2.07. The van der Waals surface area contributed by atoms with Gasteiger partial charge in [0.05, 0.1) is 22.9 Å². The van der Waals surface area contributed by atoms with E-state index in [4.69, 9.17) is 11.1 Å². The Morgan fingerprint density at radius 1 is 0.672 bits per heavy atom. The summed E-state index contributed by atoms with van der Waals surface area (Å²) < 4.78 is 6.00. The van der Waals surface area contributed by atoms with Crippen LogP contribution in [0.15, 0.2) is 67.1 Å². The third-order valence-corrected chi connectivity index (χ3v) is 9.43. The fourth-order valence-corrected chi connectivity index (χ4v) is 6.75. The minimum atomic E-state index is -0.510. The van der Waals surface area contributed by atoms with E-state index in [1.807, 2.05) is 12.1 Å². The van der Waals surface area contributed by atoms with Crippen LogP contribution in [-0.4, -0.2) is 89.1 Å². The molecule has 308 valence electrons. The first-order valence-electron chi connectivity index (χ1n) is 17.5. The van der Waals surface area contributed by atoms with E-state index in [-0.39, 0.29) is 70.5 Å². The summed E-state index contributed by atoms with van der Waals surface area (Å²) in [5.41, 5.74) is 8.79. The molecule has 18 nitrogen and oxygen atoms in total. The number of rotatable bonds is 17. The van der Waals surface area contributed by atoms with Gasteiger partial charge in [0.1, 0.15) is 22.8 Å². The number of aromatic nitrogens is 5. The van der Waals surface area contributed by atoms with Gasteiger partial charge < -0.3 is 50.9 Å². The number of aryl methyl sites for hydroxylation is 4. The molecular weight excluding hydrogens is 946 g/mol. The molecular formula is C37H44Br3N13O5. The van der Waals surface area contributed by atoms with E-state index in [0.717, 1.165) is 29.4 Å². The van der Waals surface area contributed by atoms with Gasteiger partial charge in [0.2, 0.25) is 0 Å². The molecule has 0 aliphatic carbocycles. The minimum Gasteiger partial charge on any atom is -0.388 e. The predicted octanol–water partition coefficient (Wildman–Crippen LogP) is 4.67. The molecule has 8 N–H and O–H groups in total. The van der Waals surface area contributed by atoms with Crippen LogP contribution in [0.3, 0.4) is 0 Å². The minimum absolute atomic E-state index is 0. The Labute approximate surface area is 361 Å². The highest BCUT2D eigenvalue weighted by atomic mass is 79.9. The van der Waals surface area contributed by atoms with Crippen molar-refractivity contribution in [2.45, 2.75) is 6.42 Å². The molecule has 4 heterocycles. The standard InChI is InChI=1S/C37H43Br2N13O5.BrH/c1-48-19-23(15-27(48)34(54)42-12-9-31(40)41)43-35(55)28-16-24(20-49(28)2)44-36(56)29-17-25(21-50(29)3)45-37(57)30-18-32(47-51(30)4)46-33(53)22-5-7-26(8-6-22)52(13-10-38)14-11-39;/h5-8,15-21H,9-14H2,1-4H3,(H3,40,41)(H,42,54)(H,43,55)(H,44,56)(H,45,57)(H,46,47,53);1H. The number of carbonyl (C=O) groups excluding carboxylic acids is 5. The smallest absolute Gasteiger partial charge is 0.274 e. The van der Waals surface area contributed by atoms with Crippen molar-refractivity contribution in [3.8, 4) is 0 Å². The second-order valence-electron chi connectivity index (χ2n) is 13.0. The molecule has 0 saturated heterocycles. The quantitative estimate of drug-likeness (QED) is 0.0392. The van der Waals surface area contributed by atoms with Crippen LogP contribution in [-0.2, 0) is 28.2 Å². The maximum absolute atomic E-state index is 13.3. The van der Waals surface area contributed by atoms with Gasteiger partial charge in [-0.1, -0.05) is 31.9 Å². The highest BCUT2D eigenvalue weighted by Crippen LogP contribution is 2.21. The van der Waals surface area contributed by atoms with E-state index < -0.39 is 17.7 Å². The third-order valence-electron chi connectivity index (χ3n) is 8.72. The van der Waals surface area contributed by atoms with Crippen molar-refractivity contribution in [2.24, 2.45) is 33.9 Å². The summed E-state index contributed by atoms with van der Waals surface area (Å²) in [6, 6.07) is 13.2. The number of nitrogens with one attached hydrogen (secondary N) is 6. The highest BCUT2D eigenvalue weighted by molar-refractivity contribution is 9.09. The van der Waals surface area contributed by atoms with E-state index in [0.29, 0.717) is 28.3 Å². The van der Waals surface area contributed by atoms with Crippen molar-refractivity contribution in [3.63, 3.8) is 0 Å². The molecule has 0 saturated carbocycles. The largest absolute Gasteiger partial charge is 0.388 e. The van der Waals surface area contributed by atoms with Crippen LogP contribution in [0.2, 0.25) is 0 Å². The van der Waals surface area contributed by atoms with Crippen molar-refractivity contribution in [2.75, 3.05) is 56.5 Å². The maximum atomic E-state index is 13.3. The molecule has 0 aliphatic rings. The number of carbonyl (C=O) groups is 5. The van der Waals surface area contributed by atoms with E-state index in [2.05, 4.69) is 68.4 Å². The van der Waals surface area contributed by atoms with Crippen molar-refractivity contribution in [1.82, 2.24) is 28.8 Å². The number of nitrogens with zero attached hydrogens (tertiary/aromatic N) is 6. The third kappa shape index (κ3) is 11.3. The summed E-state index contributed by atoms with van der Waals surface area (Å²) in [7, 11) is 6.54. The molecule has 58 heavy (non-hydrogen) atoms. The molecule has 5 rings (SSSR count). The zero-order valence-electron chi connectivity index (χ0n) is 32.1. The lowest BCUT2D eigenvalue weighted by Crippen LogP contribution is -2.28. The molecule has 0 spiro atoms. The van der Waals surface area contributed by atoms with Gasteiger partial charge in [0.25, 0.3) is 29.5 Å². The Morgan fingerprint density at radius 3 is 1.57 bits per heavy atom. The topological polar surface area (TPSA) is 231 Å². The van der Waals surface area contributed by atoms with Crippen molar-refractivity contribution in [3.05, 3.63) is 95.5 Å². The van der Waals surface area contributed by atoms with Crippen LogP contribution in [0.25, 0.3) is 0 Å². The number of alkyl halides is 2. The highest BCUT2D eigenvalue weighted by Gasteiger charge is 2.21. The maximum Gasteiger partial charge on any atom is 0.274 e. The monoisotopic (exact) mass is 987 g/mol. The second-order valence-corrected chi connectivity index (χ2v) is 14.6. The fourth-order valence-electron chi connectivity index (χ4n) is 5.89. The van der Waals surface area contributed by atoms with Crippen molar-refractivity contribution in [1.29, 1.82) is 5.41 Å². The molecule has 0 radical (unpaired) electrons. The van der Waals surface area contributed by atoms with Gasteiger partial charge in [-0.3, -0.25) is 34.1 Å². The molecule has 0 atom stereocenters. The molecule has 21 heteroatoms. The number of anilines is 5. The summed E-state index contributed by atoms with van der Waals surface area (Å²) in [6.07, 6.45) is 4.97. The average Bonchev–Trinajstić information content (AvgIpc) is 3.92. The first-order valence-corrected chi connectivity index (χ1v) is 19.8. The Hall–Kier alpha value is -5.67. The summed E-state index contributed by atoms with van der Waals surface area (Å²) in [4.78, 5) is 67.5. The van der Waals surface area contributed by atoms with Crippen LogP contribution in [0.4, 0.5) is 28.6 Å². The lowest BCUT2D eigenvalue weighted by molar-refractivity contribution is 0.0943. The molecule has 0 fully saturated rings. The first-order chi connectivity index (χ1) is 27.2. The zero-order valence-corrected chi connectivity index (χ0v) is 36.9. The Morgan fingerprint density at radius 2 is 1.12 bits per heavy atom. The molecule has 0 aliphatic heterocycles. The van der Waals surface area contributed by atoms with Crippen molar-refractivity contribution < 1.29 is 24.0 Å². The zero-order chi connectivity index (χ0) is 41.4. The number of halogens is 3. The second kappa shape index (κ2) is 20.1. The van der Waals surface area contributed by atoms with Crippen LogP contribution < -0.4 is 37.2 Å². The first kappa shape index (κ1) is 45.0. The van der Waals surface area contributed by atoms with Crippen LogP contribution in [0, 0.1) is 5.41 Å². The molecule has 4 aromatic heterocycles. The van der Waals surface area contributed by atoms with Gasteiger partial charge in [-0.15, -0.1) is 17.0 Å². The van der Waals surface area contributed by atoms with Gasteiger partial charge in [-0.05, 0) is 42.5 Å². The summed E-state index contributed by atoms with van der Waals surface area (Å²) in [6.45, 7) is 1.84. The van der Waals surface area contributed by atoms with Crippen LogP contribution in [0.1, 0.15) is 58.7 Å². The van der Waals surface area contributed by atoms with Gasteiger partial charge in [-0.25, -0.2) is 0 Å². The number of amides is 5. The molecule has 5 amide bonds. The molecule has 0 unspecified atom stereocenters. The molecule has 5 aromatic rings. The lowest BCUT2D eigenvalue weighted by Gasteiger charge is -2.23. The SMILES string of the molecule is Br.Cn1cc(NC(=O)c2cc(NC(=O)c3cc(NC(=O)c4cc(NC(=O)c5ccc(N(CCBr)CCBr)cc5)nn4C)cn3C)cn2C)cc1C(=O)NCCC(=N)N. The average molecular weight is 991 g/mol. The molecule has 1 aromatic carbocycles. The predicted molar refractivity (Wildman–Crippen MR) is 237 cm³/mol. The Bertz CT molecular complexity index is 2300. The lowest BCUT2D eigenvalue weighted by atomic mass is 10.2. The van der Waals surface area contributed by atoms with Crippen LogP contribution in [0.5, 0.6) is 0 Å². The number of amidine groups is 1. The van der Waals surface area contributed by atoms with E-state index in [1.165, 1.54) is 28.9 Å². The van der Waals surface area contributed by atoms with E-state index >= 15 is 0 Å². The number of hydrogen-bond acceptors (Lipinski definition) is 8. The number of benzene rings is 1. The summed E-state index contributed by atoms with van der Waals surface area (Å²) >= 11 is 6.95. The van der Waals surface area contributed by atoms with Gasteiger partial charge in [0.15, 0.2) is 5.82 Å². The normalized spacial score (nSPS) is 10.7. The van der Waals surface area contributed by atoms with E-state index in [9.17, 15) is 24.0 Å². The van der Waals surface area contributed by atoms with Gasteiger partial charge in [-0.2, -0.15) is 5.10 Å². The summed E-state index contributed by atoms with van der Waals surface area (Å²) in [5, 5.41) is 26.9. The van der Waals surface area contributed by atoms with Gasteiger partial charge >= 0.3 is 0 Å². The Kier molecular flexibility index (Phi) is 15.6. The van der Waals surface area contributed by atoms with Gasteiger partial charge in [0, 0.05) is 101 Å². The Balaban J connectivity index is 0.00000744. The fraction of sp³-hybridized carbons (Fsp3) is 0.270. The number of nitrogens with two attached hydrogens (primary N) is 1. The van der Waals surface area contributed by atoms with Crippen molar-refractivity contribution >= 4 is 113 Å². The van der Waals surface area contributed by atoms with Crippen LogP contribution >= 0.6 is 48.8 Å². The number of hydrogen-bond donors (Lipinski definition) is 7. The van der Waals surface area contributed by atoms with E-state index in [1.54, 1.807) is 72.6 Å². The molecule has 0 bridgehead atoms.